The van der Waals surface area contributed by atoms with Gasteiger partial charge in [0.05, 0.1) is 11.1 Å². The highest BCUT2D eigenvalue weighted by atomic mass is 79.9. The second-order valence-electron chi connectivity index (χ2n) is 3.54. The standard InChI is InChI=1S/C13H8BrN3O/c14-11-1-3-12(4-2-11)17-13(18)10-5-9(6-15)7-16-8-10/h1-5,7-8H,(H,17,18). The number of benzene rings is 1. The molecule has 0 saturated carbocycles. The molecule has 88 valence electrons. The van der Waals surface area contributed by atoms with Crippen molar-refractivity contribution in [3.8, 4) is 6.07 Å². The van der Waals surface area contributed by atoms with Crippen LogP contribution >= 0.6 is 15.9 Å². The zero-order chi connectivity index (χ0) is 13.0. The van der Waals surface area contributed by atoms with Crippen LogP contribution in [0.3, 0.4) is 0 Å². The maximum atomic E-state index is 11.9. The molecule has 0 fully saturated rings. The minimum absolute atomic E-state index is 0.290. The molecule has 2 aromatic rings. The molecule has 5 heteroatoms. The highest BCUT2D eigenvalue weighted by molar-refractivity contribution is 9.10. The molecule has 0 unspecified atom stereocenters. The van der Waals surface area contributed by atoms with Crippen LogP contribution in [0.5, 0.6) is 0 Å². The number of nitriles is 1. The third-order valence-electron chi connectivity index (χ3n) is 2.23. The van der Waals surface area contributed by atoms with Gasteiger partial charge >= 0.3 is 0 Å². The van der Waals surface area contributed by atoms with Gasteiger partial charge in [-0.15, -0.1) is 0 Å². The lowest BCUT2D eigenvalue weighted by atomic mass is 10.2. The lowest BCUT2D eigenvalue weighted by molar-refractivity contribution is 0.102. The number of nitrogens with one attached hydrogen (secondary N) is 1. The summed E-state index contributed by atoms with van der Waals surface area (Å²) in [5, 5.41) is 11.5. The third-order valence-corrected chi connectivity index (χ3v) is 2.76. The molecule has 1 heterocycles. The Hall–Kier alpha value is -2.19. The fourth-order valence-electron chi connectivity index (χ4n) is 1.36. The monoisotopic (exact) mass is 301 g/mol. The highest BCUT2D eigenvalue weighted by Gasteiger charge is 2.07. The summed E-state index contributed by atoms with van der Waals surface area (Å²) in [4.78, 5) is 15.7. The molecule has 0 atom stereocenters. The quantitative estimate of drug-likeness (QED) is 0.927. The summed E-state index contributed by atoms with van der Waals surface area (Å²) in [6.45, 7) is 0. The van der Waals surface area contributed by atoms with Crippen LogP contribution in [0.2, 0.25) is 0 Å². The molecule has 0 radical (unpaired) electrons. The molecule has 1 aromatic carbocycles. The number of hydrogen-bond donors (Lipinski definition) is 1. The van der Waals surface area contributed by atoms with Crippen molar-refractivity contribution in [2.24, 2.45) is 0 Å². The van der Waals surface area contributed by atoms with Crippen LogP contribution in [0.4, 0.5) is 5.69 Å². The van der Waals surface area contributed by atoms with E-state index >= 15 is 0 Å². The van der Waals surface area contributed by atoms with E-state index < -0.39 is 0 Å². The number of rotatable bonds is 2. The van der Waals surface area contributed by atoms with E-state index in [9.17, 15) is 4.79 Å². The van der Waals surface area contributed by atoms with Gasteiger partial charge in [-0.05, 0) is 30.3 Å². The first kappa shape index (κ1) is 12.3. The molecule has 2 rings (SSSR count). The Morgan fingerprint density at radius 2 is 2.00 bits per heavy atom. The van der Waals surface area contributed by atoms with E-state index in [1.54, 1.807) is 12.1 Å². The number of amides is 1. The molecule has 1 N–H and O–H groups in total. The number of carbonyl (C=O) groups is 1. The van der Waals surface area contributed by atoms with E-state index in [0.717, 1.165) is 4.47 Å². The van der Waals surface area contributed by atoms with Gasteiger partial charge in [-0.3, -0.25) is 9.78 Å². The Bertz CT molecular complexity index is 617. The summed E-state index contributed by atoms with van der Waals surface area (Å²) >= 11 is 3.32. The van der Waals surface area contributed by atoms with E-state index in [1.165, 1.54) is 18.5 Å². The van der Waals surface area contributed by atoms with Crippen molar-refractivity contribution in [3.05, 3.63) is 58.3 Å². The smallest absolute Gasteiger partial charge is 0.257 e. The summed E-state index contributed by atoms with van der Waals surface area (Å²) in [6, 6.07) is 10.7. The zero-order valence-electron chi connectivity index (χ0n) is 9.22. The van der Waals surface area contributed by atoms with Gasteiger partial charge in [0.1, 0.15) is 6.07 Å². The van der Waals surface area contributed by atoms with E-state index in [0.29, 0.717) is 16.8 Å². The molecular weight excluding hydrogens is 294 g/mol. The molecule has 1 aromatic heterocycles. The van der Waals surface area contributed by atoms with E-state index in [4.69, 9.17) is 5.26 Å². The van der Waals surface area contributed by atoms with Crippen LogP contribution in [0.1, 0.15) is 15.9 Å². The summed E-state index contributed by atoms with van der Waals surface area (Å²) in [5.74, 6) is -0.290. The van der Waals surface area contributed by atoms with Gasteiger partial charge in [-0.25, -0.2) is 0 Å². The van der Waals surface area contributed by atoms with Crippen molar-refractivity contribution in [1.29, 1.82) is 5.26 Å². The van der Waals surface area contributed by atoms with Crippen molar-refractivity contribution in [1.82, 2.24) is 4.98 Å². The topological polar surface area (TPSA) is 65.8 Å². The first-order valence-electron chi connectivity index (χ1n) is 5.11. The van der Waals surface area contributed by atoms with Crippen LogP contribution in [0, 0.1) is 11.3 Å². The summed E-state index contributed by atoms with van der Waals surface area (Å²) in [7, 11) is 0. The van der Waals surface area contributed by atoms with Crippen molar-refractivity contribution < 1.29 is 4.79 Å². The summed E-state index contributed by atoms with van der Waals surface area (Å²) < 4.78 is 0.939. The number of nitrogens with zero attached hydrogens (tertiary/aromatic N) is 2. The van der Waals surface area contributed by atoms with Crippen molar-refractivity contribution in [2.75, 3.05) is 5.32 Å². The predicted octanol–water partition coefficient (Wildman–Crippen LogP) is 2.97. The first-order chi connectivity index (χ1) is 8.69. The maximum Gasteiger partial charge on any atom is 0.257 e. The van der Waals surface area contributed by atoms with E-state index in [-0.39, 0.29) is 5.91 Å². The molecule has 0 saturated heterocycles. The second kappa shape index (κ2) is 5.43. The van der Waals surface area contributed by atoms with Gasteiger partial charge in [0.25, 0.3) is 5.91 Å². The molecule has 1 amide bonds. The fraction of sp³-hybridized carbons (Fsp3) is 0. The number of aromatic nitrogens is 1. The van der Waals surface area contributed by atoms with Crippen molar-refractivity contribution in [3.63, 3.8) is 0 Å². The molecule has 0 spiro atoms. The molecule has 0 bridgehead atoms. The lowest BCUT2D eigenvalue weighted by Gasteiger charge is -2.05. The van der Waals surface area contributed by atoms with Crippen molar-refractivity contribution in [2.45, 2.75) is 0 Å². The molecule has 18 heavy (non-hydrogen) atoms. The van der Waals surface area contributed by atoms with E-state index in [1.807, 2.05) is 18.2 Å². The number of hydrogen-bond acceptors (Lipinski definition) is 3. The molecule has 0 aliphatic rings. The predicted molar refractivity (Wildman–Crippen MR) is 71.0 cm³/mol. The van der Waals surface area contributed by atoms with Gasteiger partial charge in [0.15, 0.2) is 0 Å². The normalized spacial score (nSPS) is 9.56. The molecule has 0 aliphatic heterocycles. The average molecular weight is 302 g/mol. The van der Waals surface area contributed by atoms with Crippen LogP contribution in [-0.4, -0.2) is 10.9 Å². The van der Waals surface area contributed by atoms with Crippen molar-refractivity contribution >= 4 is 27.5 Å². The number of carbonyl (C=O) groups excluding carboxylic acids is 1. The first-order valence-corrected chi connectivity index (χ1v) is 5.90. The Kier molecular flexibility index (Phi) is 3.70. The van der Waals surface area contributed by atoms with E-state index in [2.05, 4.69) is 26.2 Å². The third kappa shape index (κ3) is 2.93. The van der Waals surface area contributed by atoms with Crippen LogP contribution in [0.25, 0.3) is 0 Å². The van der Waals surface area contributed by atoms with Gasteiger partial charge in [0.2, 0.25) is 0 Å². The average Bonchev–Trinajstić information content (AvgIpc) is 2.41. The summed E-state index contributed by atoms with van der Waals surface area (Å²) in [6.07, 6.45) is 2.84. The van der Waals surface area contributed by atoms with Gasteiger partial charge < -0.3 is 5.32 Å². The highest BCUT2D eigenvalue weighted by Crippen LogP contribution is 2.15. The lowest BCUT2D eigenvalue weighted by Crippen LogP contribution is -2.12. The maximum absolute atomic E-state index is 11.9. The molecule has 4 nitrogen and oxygen atoms in total. The number of anilines is 1. The second-order valence-corrected chi connectivity index (χ2v) is 4.45. The minimum atomic E-state index is -0.290. The number of pyridine rings is 1. The summed E-state index contributed by atoms with van der Waals surface area (Å²) in [5.41, 5.74) is 1.40. The minimum Gasteiger partial charge on any atom is -0.322 e. The van der Waals surface area contributed by atoms with Gasteiger partial charge in [-0.1, -0.05) is 15.9 Å². The fourth-order valence-corrected chi connectivity index (χ4v) is 1.63. The SMILES string of the molecule is N#Cc1cncc(C(=O)Nc2ccc(Br)cc2)c1. The zero-order valence-corrected chi connectivity index (χ0v) is 10.8. The number of halogens is 1. The molecular formula is C13H8BrN3O. The Morgan fingerprint density at radius 3 is 2.67 bits per heavy atom. The van der Waals surface area contributed by atoms with Crippen LogP contribution < -0.4 is 5.32 Å². The molecule has 0 aliphatic carbocycles. The Morgan fingerprint density at radius 1 is 1.28 bits per heavy atom. The Balaban J connectivity index is 2.17. The van der Waals surface area contributed by atoms with Gasteiger partial charge in [-0.2, -0.15) is 5.26 Å². The van der Waals surface area contributed by atoms with Crippen LogP contribution in [-0.2, 0) is 0 Å². The van der Waals surface area contributed by atoms with Crippen LogP contribution in [0.15, 0.2) is 47.2 Å². The largest absolute Gasteiger partial charge is 0.322 e. The van der Waals surface area contributed by atoms with Gasteiger partial charge in [0, 0.05) is 22.6 Å². The Labute approximate surface area is 112 Å².